The minimum Gasteiger partial charge on any atom is -0.368 e. The molecule has 1 aromatic heterocycles. The number of H-pyrrole nitrogens is 1. The standard InChI is InChI=1S/C11H17N3O2/c1-6-4-5-16-9(6)11(15)12-10-7(2)8(3)13-14-10/h6,9H,4-5H2,1-3H3,(H2,12,13,14,15). The lowest BCUT2D eigenvalue weighted by Gasteiger charge is -2.13. The molecule has 88 valence electrons. The first-order chi connectivity index (χ1) is 7.59. The van der Waals surface area contributed by atoms with E-state index in [1.165, 1.54) is 0 Å². The van der Waals surface area contributed by atoms with Crippen LogP contribution < -0.4 is 5.32 Å². The third kappa shape index (κ3) is 1.95. The summed E-state index contributed by atoms with van der Waals surface area (Å²) in [5, 5.41) is 9.67. The van der Waals surface area contributed by atoms with Crippen LogP contribution in [0.2, 0.25) is 0 Å². The Morgan fingerprint density at radius 1 is 1.56 bits per heavy atom. The number of rotatable bonds is 2. The normalized spacial score (nSPS) is 24.7. The van der Waals surface area contributed by atoms with Gasteiger partial charge in [-0.25, -0.2) is 0 Å². The summed E-state index contributed by atoms with van der Waals surface area (Å²) in [6, 6.07) is 0. The van der Waals surface area contributed by atoms with Gasteiger partial charge in [0.1, 0.15) is 6.10 Å². The Bertz CT molecular complexity index is 400. The Labute approximate surface area is 94.6 Å². The molecule has 0 radical (unpaired) electrons. The van der Waals surface area contributed by atoms with Crippen LogP contribution >= 0.6 is 0 Å². The molecule has 1 saturated heterocycles. The molecule has 1 fully saturated rings. The largest absolute Gasteiger partial charge is 0.368 e. The molecular formula is C11H17N3O2. The fourth-order valence-corrected chi connectivity index (χ4v) is 1.83. The first-order valence-corrected chi connectivity index (χ1v) is 5.53. The lowest BCUT2D eigenvalue weighted by atomic mass is 10.0. The van der Waals surface area contributed by atoms with E-state index in [4.69, 9.17) is 4.74 Å². The molecule has 2 unspecified atom stereocenters. The van der Waals surface area contributed by atoms with E-state index in [0.717, 1.165) is 17.7 Å². The predicted molar refractivity (Wildman–Crippen MR) is 60.2 cm³/mol. The van der Waals surface area contributed by atoms with E-state index in [1.807, 2.05) is 20.8 Å². The van der Waals surface area contributed by atoms with Crippen molar-refractivity contribution in [2.75, 3.05) is 11.9 Å². The zero-order valence-electron chi connectivity index (χ0n) is 9.83. The van der Waals surface area contributed by atoms with E-state index >= 15 is 0 Å². The van der Waals surface area contributed by atoms with Crippen LogP contribution in [0.5, 0.6) is 0 Å². The van der Waals surface area contributed by atoms with Gasteiger partial charge in [-0.05, 0) is 26.2 Å². The van der Waals surface area contributed by atoms with Crippen molar-refractivity contribution in [2.24, 2.45) is 5.92 Å². The fraction of sp³-hybridized carbons (Fsp3) is 0.636. The molecule has 2 N–H and O–H groups in total. The number of nitrogens with one attached hydrogen (secondary N) is 2. The molecule has 2 heterocycles. The summed E-state index contributed by atoms with van der Waals surface area (Å²) in [5.74, 6) is 0.783. The summed E-state index contributed by atoms with van der Waals surface area (Å²) in [6.07, 6.45) is 0.604. The highest BCUT2D eigenvalue weighted by Gasteiger charge is 2.31. The summed E-state index contributed by atoms with van der Waals surface area (Å²) in [6.45, 7) is 6.54. The van der Waals surface area contributed by atoms with Gasteiger partial charge in [0.25, 0.3) is 5.91 Å². The van der Waals surface area contributed by atoms with Gasteiger partial charge in [0.15, 0.2) is 5.82 Å². The van der Waals surface area contributed by atoms with Crippen molar-refractivity contribution < 1.29 is 9.53 Å². The third-order valence-corrected chi connectivity index (χ3v) is 3.14. The lowest BCUT2D eigenvalue weighted by molar-refractivity contribution is -0.126. The highest BCUT2D eigenvalue weighted by molar-refractivity contribution is 5.94. The molecular weight excluding hydrogens is 206 g/mol. The van der Waals surface area contributed by atoms with Crippen LogP contribution in [0.1, 0.15) is 24.6 Å². The van der Waals surface area contributed by atoms with Gasteiger partial charge in [-0.1, -0.05) is 6.92 Å². The Balaban J connectivity index is 2.05. The average molecular weight is 223 g/mol. The quantitative estimate of drug-likeness (QED) is 0.796. The number of amides is 1. The van der Waals surface area contributed by atoms with Gasteiger partial charge >= 0.3 is 0 Å². The minimum atomic E-state index is -0.337. The third-order valence-electron chi connectivity index (χ3n) is 3.14. The van der Waals surface area contributed by atoms with Gasteiger partial charge in [-0.15, -0.1) is 0 Å². The number of aryl methyl sites for hydroxylation is 1. The molecule has 2 atom stereocenters. The fourth-order valence-electron chi connectivity index (χ4n) is 1.83. The Hall–Kier alpha value is -1.36. The van der Waals surface area contributed by atoms with Gasteiger partial charge in [0.05, 0.1) is 0 Å². The van der Waals surface area contributed by atoms with Crippen molar-refractivity contribution in [3.63, 3.8) is 0 Å². The number of aromatic amines is 1. The number of hydrogen-bond acceptors (Lipinski definition) is 3. The number of ether oxygens (including phenoxy) is 1. The van der Waals surface area contributed by atoms with Crippen molar-refractivity contribution in [1.82, 2.24) is 10.2 Å². The topological polar surface area (TPSA) is 67.0 Å². The molecule has 0 aliphatic carbocycles. The highest BCUT2D eigenvalue weighted by Crippen LogP contribution is 2.22. The zero-order chi connectivity index (χ0) is 11.7. The summed E-state index contributed by atoms with van der Waals surface area (Å²) in [7, 11) is 0. The van der Waals surface area contributed by atoms with Crippen molar-refractivity contribution >= 4 is 11.7 Å². The van der Waals surface area contributed by atoms with E-state index < -0.39 is 0 Å². The summed E-state index contributed by atoms with van der Waals surface area (Å²) < 4.78 is 5.40. The number of anilines is 1. The van der Waals surface area contributed by atoms with Crippen LogP contribution in [0.4, 0.5) is 5.82 Å². The molecule has 1 aliphatic rings. The maximum absolute atomic E-state index is 11.9. The average Bonchev–Trinajstić information content (AvgIpc) is 2.79. The molecule has 0 aromatic carbocycles. The van der Waals surface area contributed by atoms with Gasteiger partial charge in [-0.3, -0.25) is 9.89 Å². The molecule has 5 nitrogen and oxygen atoms in total. The van der Waals surface area contributed by atoms with Crippen LogP contribution in [0.25, 0.3) is 0 Å². The maximum Gasteiger partial charge on any atom is 0.254 e. The smallest absolute Gasteiger partial charge is 0.254 e. The number of carbonyl (C=O) groups excluding carboxylic acids is 1. The molecule has 1 aromatic rings. The summed E-state index contributed by atoms with van der Waals surface area (Å²) in [5.41, 5.74) is 1.94. The second kappa shape index (κ2) is 4.25. The van der Waals surface area contributed by atoms with Crippen LogP contribution in [-0.4, -0.2) is 28.8 Å². The highest BCUT2D eigenvalue weighted by atomic mass is 16.5. The Morgan fingerprint density at radius 3 is 2.81 bits per heavy atom. The predicted octanol–water partition coefficient (Wildman–Crippen LogP) is 1.39. The number of hydrogen-bond donors (Lipinski definition) is 2. The first kappa shape index (κ1) is 11.1. The second-order valence-corrected chi connectivity index (χ2v) is 4.37. The minimum absolute atomic E-state index is 0.0976. The van der Waals surface area contributed by atoms with Crippen molar-refractivity contribution in [2.45, 2.75) is 33.3 Å². The zero-order valence-corrected chi connectivity index (χ0v) is 9.83. The van der Waals surface area contributed by atoms with Gasteiger partial charge in [-0.2, -0.15) is 5.10 Å². The number of nitrogens with zero attached hydrogens (tertiary/aromatic N) is 1. The van der Waals surface area contributed by atoms with Crippen LogP contribution in [0.15, 0.2) is 0 Å². The molecule has 5 heteroatoms. The summed E-state index contributed by atoms with van der Waals surface area (Å²) in [4.78, 5) is 11.9. The molecule has 0 saturated carbocycles. The first-order valence-electron chi connectivity index (χ1n) is 5.53. The van der Waals surface area contributed by atoms with E-state index in [1.54, 1.807) is 0 Å². The van der Waals surface area contributed by atoms with Crippen LogP contribution in [0, 0.1) is 19.8 Å². The molecule has 1 aliphatic heterocycles. The van der Waals surface area contributed by atoms with Gasteiger partial charge in [0.2, 0.25) is 0 Å². The van der Waals surface area contributed by atoms with Crippen LogP contribution in [0.3, 0.4) is 0 Å². The lowest BCUT2D eigenvalue weighted by Crippen LogP contribution is -2.31. The molecule has 0 bridgehead atoms. The van der Waals surface area contributed by atoms with E-state index in [-0.39, 0.29) is 17.9 Å². The van der Waals surface area contributed by atoms with Crippen molar-refractivity contribution in [3.8, 4) is 0 Å². The van der Waals surface area contributed by atoms with Crippen molar-refractivity contribution in [1.29, 1.82) is 0 Å². The Morgan fingerprint density at radius 2 is 2.31 bits per heavy atom. The molecule has 0 spiro atoms. The Kier molecular flexibility index (Phi) is 2.96. The monoisotopic (exact) mass is 223 g/mol. The molecule has 1 amide bonds. The molecule has 16 heavy (non-hydrogen) atoms. The second-order valence-electron chi connectivity index (χ2n) is 4.37. The number of carbonyl (C=O) groups is 1. The SMILES string of the molecule is Cc1[nH]nc(NC(=O)C2OCCC2C)c1C. The van der Waals surface area contributed by atoms with Gasteiger partial charge in [0, 0.05) is 17.9 Å². The van der Waals surface area contributed by atoms with Crippen molar-refractivity contribution in [3.05, 3.63) is 11.3 Å². The molecule has 2 rings (SSSR count). The van der Waals surface area contributed by atoms with E-state index in [0.29, 0.717) is 12.4 Å². The van der Waals surface area contributed by atoms with E-state index in [2.05, 4.69) is 15.5 Å². The van der Waals surface area contributed by atoms with Gasteiger partial charge < -0.3 is 10.1 Å². The summed E-state index contributed by atoms with van der Waals surface area (Å²) >= 11 is 0. The number of aromatic nitrogens is 2. The van der Waals surface area contributed by atoms with Crippen LogP contribution in [-0.2, 0) is 9.53 Å². The van der Waals surface area contributed by atoms with E-state index in [9.17, 15) is 4.79 Å². The maximum atomic E-state index is 11.9.